The quantitative estimate of drug-likeness (QED) is 0.0560. The van der Waals surface area contributed by atoms with Gasteiger partial charge in [0.05, 0.1) is 54.0 Å². The zero-order valence-electron chi connectivity index (χ0n) is 34.2. The Bertz CT molecular complexity index is 2720. The van der Waals surface area contributed by atoms with E-state index in [2.05, 4.69) is 41.7 Å². The fourth-order valence-corrected chi connectivity index (χ4v) is 7.22. The van der Waals surface area contributed by atoms with E-state index < -0.39 is 47.3 Å². The fraction of sp³-hybridized carbons (Fsp3) is 0.182. The molecule has 0 aliphatic heterocycles. The van der Waals surface area contributed by atoms with Gasteiger partial charge >= 0.3 is 0 Å². The van der Waals surface area contributed by atoms with E-state index in [0.29, 0.717) is 56.8 Å². The lowest BCUT2D eigenvalue weighted by Crippen LogP contribution is -2.33. The van der Waals surface area contributed by atoms with Crippen LogP contribution in [0.15, 0.2) is 105 Å². The van der Waals surface area contributed by atoms with Crippen LogP contribution in [0, 0.1) is 0 Å². The van der Waals surface area contributed by atoms with Gasteiger partial charge in [0.15, 0.2) is 11.6 Å². The van der Waals surface area contributed by atoms with Gasteiger partial charge in [0.25, 0.3) is 23.6 Å². The van der Waals surface area contributed by atoms with Crippen molar-refractivity contribution in [3.05, 3.63) is 137 Å². The van der Waals surface area contributed by atoms with Gasteiger partial charge in [0.2, 0.25) is 12.1 Å². The number of nitrogens with zero attached hydrogens (tertiary/aromatic N) is 4. The summed E-state index contributed by atoms with van der Waals surface area (Å²) in [5, 5.41) is 28.3. The lowest BCUT2D eigenvalue weighted by Gasteiger charge is -2.19. The molecular formula is C44H36Cl6N8O6. The maximum Gasteiger partial charge on any atom is 0.258 e. The summed E-state index contributed by atoms with van der Waals surface area (Å²) in [6, 6.07) is 17.6. The van der Waals surface area contributed by atoms with Crippen molar-refractivity contribution < 1.29 is 28.8 Å². The summed E-state index contributed by atoms with van der Waals surface area (Å²) in [4.78, 5) is 78.7. The van der Waals surface area contributed by atoms with E-state index in [0.717, 1.165) is 0 Å². The number of nitrogens with one attached hydrogen (secondary N) is 4. The zero-order chi connectivity index (χ0) is 46.8. The Balaban J connectivity index is 1.30. The van der Waals surface area contributed by atoms with Gasteiger partial charge in [0, 0.05) is 21.4 Å². The van der Waals surface area contributed by atoms with Gasteiger partial charge in [-0.1, -0.05) is 83.5 Å². The third kappa shape index (κ3) is 12.7. The highest BCUT2D eigenvalue weighted by Crippen LogP contribution is 2.32. The first-order valence-corrected chi connectivity index (χ1v) is 21.4. The van der Waals surface area contributed by atoms with Crippen LogP contribution in [0.5, 0.6) is 0 Å². The van der Waals surface area contributed by atoms with Crippen LogP contribution in [0.25, 0.3) is 0 Å². The minimum atomic E-state index is -1.58. The summed E-state index contributed by atoms with van der Waals surface area (Å²) in [5.41, 5.74) is 2.75. The van der Waals surface area contributed by atoms with E-state index in [1.165, 1.54) is 74.5 Å². The molecule has 2 unspecified atom stereocenters. The molecule has 0 aliphatic carbocycles. The van der Waals surface area contributed by atoms with Crippen molar-refractivity contribution in [3.63, 3.8) is 0 Å². The number of anilines is 4. The van der Waals surface area contributed by atoms with Crippen molar-refractivity contribution in [2.45, 2.75) is 52.6 Å². The summed E-state index contributed by atoms with van der Waals surface area (Å²) in [7, 11) is 0. The van der Waals surface area contributed by atoms with Gasteiger partial charge in [-0.25, -0.2) is 0 Å². The Hall–Kier alpha value is -5.74. The molecule has 5 aromatic carbocycles. The standard InChI is InChI=1S/C44H36Cl6N8O6/c1-5-23-15-29(51-43(63)38(21(3)59)57-55-27-9-11-32(47)30(19-27)41(61)52-36-13-7-25(45)17-34(36)49)16-24(6-2)40(23)54-44(64)39(22(4)60)58-56-28-10-12-33(48)31(20-28)42(62)53-37-14-8-26(46)18-35(37)50/h7-20,38-39H,5-6H2,1-4H3,(H,51,63)(H,52,61)(H,53,62)(H,54,64). The van der Waals surface area contributed by atoms with Gasteiger partial charge in [-0.3, -0.25) is 28.8 Å². The van der Waals surface area contributed by atoms with Crippen LogP contribution >= 0.6 is 69.6 Å². The van der Waals surface area contributed by atoms with Crippen LogP contribution in [0.3, 0.4) is 0 Å². The number of azo groups is 2. The molecule has 2 atom stereocenters. The average molecular weight is 986 g/mol. The number of hydrogen-bond acceptors (Lipinski definition) is 10. The van der Waals surface area contributed by atoms with E-state index in [9.17, 15) is 28.8 Å². The Kier molecular flexibility index (Phi) is 17.1. The highest BCUT2D eigenvalue weighted by Gasteiger charge is 2.27. The molecule has 330 valence electrons. The molecule has 4 N–H and O–H groups in total. The first-order valence-electron chi connectivity index (χ1n) is 19.1. The largest absolute Gasteiger partial charge is 0.324 e. The molecule has 0 bridgehead atoms. The second kappa shape index (κ2) is 22.2. The average Bonchev–Trinajstić information content (AvgIpc) is 3.24. The van der Waals surface area contributed by atoms with Crippen LogP contribution in [0.2, 0.25) is 30.1 Å². The number of carbonyl (C=O) groups excluding carboxylic acids is 6. The molecule has 4 amide bonds. The van der Waals surface area contributed by atoms with Crippen LogP contribution < -0.4 is 21.3 Å². The Labute approximate surface area is 397 Å². The molecule has 0 aliphatic rings. The number of ketones is 2. The van der Waals surface area contributed by atoms with Crippen molar-refractivity contribution in [1.82, 2.24) is 0 Å². The normalized spacial score (nSPS) is 12.2. The predicted octanol–water partition coefficient (Wildman–Crippen LogP) is 12.6. The first kappa shape index (κ1) is 49.3. The maximum absolute atomic E-state index is 13.6. The fourth-order valence-electron chi connectivity index (χ4n) is 5.91. The molecule has 0 saturated heterocycles. The number of hydrogen-bond donors (Lipinski definition) is 4. The van der Waals surface area contributed by atoms with E-state index in [1.54, 1.807) is 24.3 Å². The van der Waals surface area contributed by atoms with Crippen LogP contribution in [-0.2, 0) is 32.0 Å². The van der Waals surface area contributed by atoms with Gasteiger partial charge in [-0.15, -0.1) is 0 Å². The maximum atomic E-state index is 13.6. The molecule has 14 nitrogen and oxygen atoms in total. The summed E-state index contributed by atoms with van der Waals surface area (Å²) in [5.74, 6) is -4.03. The molecule has 5 rings (SSSR count). The monoisotopic (exact) mass is 982 g/mol. The second-order valence-electron chi connectivity index (χ2n) is 13.8. The van der Waals surface area contributed by atoms with Crippen molar-refractivity contribution in [1.29, 1.82) is 0 Å². The molecule has 0 heterocycles. The number of rotatable bonds is 16. The molecule has 64 heavy (non-hydrogen) atoms. The van der Waals surface area contributed by atoms with Crippen molar-refractivity contribution in [2.24, 2.45) is 20.5 Å². The van der Waals surface area contributed by atoms with E-state index in [4.69, 9.17) is 69.6 Å². The summed E-state index contributed by atoms with van der Waals surface area (Å²) in [6.07, 6.45) is 0.754. The van der Waals surface area contributed by atoms with Gasteiger partial charge in [-0.05, 0) is 123 Å². The molecule has 0 saturated carbocycles. The van der Waals surface area contributed by atoms with E-state index in [1.807, 2.05) is 13.8 Å². The van der Waals surface area contributed by atoms with Crippen LogP contribution in [-0.4, -0.2) is 47.3 Å². The van der Waals surface area contributed by atoms with Crippen LogP contribution in [0.1, 0.15) is 59.5 Å². The van der Waals surface area contributed by atoms with Crippen molar-refractivity contribution in [2.75, 3.05) is 21.3 Å². The Morgan fingerprint density at radius 3 is 1.28 bits per heavy atom. The van der Waals surface area contributed by atoms with Gasteiger partial charge in [0.1, 0.15) is 0 Å². The number of aryl methyl sites for hydroxylation is 2. The molecule has 0 aromatic heterocycles. The minimum absolute atomic E-state index is 0.0242. The molecule has 20 heteroatoms. The Morgan fingerprint density at radius 2 is 0.906 bits per heavy atom. The number of amides is 4. The highest BCUT2D eigenvalue weighted by molar-refractivity contribution is 6.38. The summed E-state index contributed by atoms with van der Waals surface area (Å²) >= 11 is 36.9. The van der Waals surface area contributed by atoms with Crippen molar-refractivity contribution in [3.8, 4) is 0 Å². The smallest absolute Gasteiger partial charge is 0.258 e. The first-order chi connectivity index (χ1) is 30.4. The number of Topliss-reactive ketones (excluding diaryl/α,β-unsaturated/α-hetero) is 2. The molecular weight excluding hydrogens is 949 g/mol. The second-order valence-corrected chi connectivity index (χ2v) is 16.3. The molecule has 0 fully saturated rings. The van der Waals surface area contributed by atoms with Gasteiger partial charge < -0.3 is 21.3 Å². The third-order valence-corrected chi connectivity index (χ3v) is 10.9. The summed E-state index contributed by atoms with van der Waals surface area (Å²) in [6.45, 7) is 6.01. The van der Waals surface area contributed by atoms with E-state index >= 15 is 0 Å². The van der Waals surface area contributed by atoms with Crippen molar-refractivity contribution >= 4 is 139 Å². The number of halogens is 6. The topological polar surface area (TPSA) is 200 Å². The SMILES string of the molecule is CCc1cc(NC(=O)C(N=Nc2ccc(Cl)c(C(=O)Nc3ccc(Cl)cc3Cl)c2)C(C)=O)cc(CC)c1NC(=O)C(N=Nc1ccc(Cl)c(C(=O)Nc2ccc(Cl)cc2Cl)c1)C(C)=O. The number of benzene rings is 5. The third-order valence-electron chi connectivity index (χ3n) is 9.17. The molecule has 0 spiro atoms. The molecule has 0 radical (unpaired) electrons. The lowest BCUT2D eigenvalue weighted by molar-refractivity contribution is -0.127. The highest BCUT2D eigenvalue weighted by atomic mass is 35.5. The molecule has 5 aromatic rings. The number of carbonyl (C=O) groups is 6. The van der Waals surface area contributed by atoms with Gasteiger partial charge in [-0.2, -0.15) is 20.5 Å². The van der Waals surface area contributed by atoms with Crippen LogP contribution in [0.4, 0.5) is 34.1 Å². The Morgan fingerprint density at radius 1 is 0.500 bits per heavy atom. The van der Waals surface area contributed by atoms with E-state index in [-0.39, 0.29) is 42.6 Å². The predicted molar refractivity (Wildman–Crippen MR) is 252 cm³/mol. The minimum Gasteiger partial charge on any atom is -0.324 e. The lowest BCUT2D eigenvalue weighted by atomic mass is 10.0. The zero-order valence-corrected chi connectivity index (χ0v) is 38.7. The summed E-state index contributed by atoms with van der Waals surface area (Å²) < 4.78 is 0.